The first-order valence-electron chi connectivity index (χ1n) is 6.99. The monoisotopic (exact) mass is 268 g/mol. The lowest BCUT2D eigenvalue weighted by Crippen LogP contribution is -2.15. The zero-order chi connectivity index (χ0) is 14.2. The lowest BCUT2D eigenvalue weighted by Gasteiger charge is -2.13. The molecule has 2 rings (SSSR count). The Morgan fingerprint density at radius 3 is 2.80 bits per heavy atom. The van der Waals surface area contributed by atoms with E-state index in [2.05, 4.69) is 35.7 Å². The summed E-state index contributed by atoms with van der Waals surface area (Å²) in [5.74, 6) is 0.924. The number of nitrogens with one attached hydrogen (secondary N) is 1. The fraction of sp³-hybridized carbons (Fsp3) is 0.353. The van der Waals surface area contributed by atoms with Crippen LogP contribution in [0.3, 0.4) is 0 Å². The molecule has 104 valence electrons. The Morgan fingerprint density at radius 2 is 2.00 bits per heavy atom. The standard InChI is InChI=1S/C17H20N2O/c1-20-17-10-9-14-7-3-4-8-15(14)16(17)13-19-12-6-2-5-11-18/h3-4,7-10,19H,2,5-6,12-13H2,1H3. The first kappa shape index (κ1) is 14.4. The van der Waals surface area contributed by atoms with E-state index in [1.807, 2.05) is 12.1 Å². The molecule has 0 fully saturated rings. The van der Waals surface area contributed by atoms with Gasteiger partial charge in [0.25, 0.3) is 0 Å². The molecule has 0 radical (unpaired) electrons. The van der Waals surface area contributed by atoms with Crippen molar-refractivity contribution in [1.29, 1.82) is 5.26 Å². The van der Waals surface area contributed by atoms with Crippen LogP contribution in [0, 0.1) is 11.3 Å². The minimum Gasteiger partial charge on any atom is -0.496 e. The maximum absolute atomic E-state index is 8.50. The number of nitrogens with zero attached hydrogens (tertiary/aromatic N) is 1. The predicted octanol–water partition coefficient (Wildman–Crippen LogP) is 3.63. The topological polar surface area (TPSA) is 45.0 Å². The molecule has 0 heterocycles. The van der Waals surface area contributed by atoms with Crippen LogP contribution in [0.4, 0.5) is 0 Å². The average molecular weight is 268 g/mol. The van der Waals surface area contributed by atoms with Crippen molar-refractivity contribution in [2.24, 2.45) is 0 Å². The Hall–Kier alpha value is -2.05. The molecule has 20 heavy (non-hydrogen) atoms. The number of benzene rings is 2. The van der Waals surface area contributed by atoms with Gasteiger partial charge in [0, 0.05) is 18.5 Å². The summed E-state index contributed by atoms with van der Waals surface area (Å²) in [6, 6.07) is 14.6. The van der Waals surface area contributed by atoms with Crippen LogP contribution in [-0.2, 0) is 6.54 Å². The van der Waals surface area contributed by atoms with Gasteiger partial charge in [-0.2, -0.15) is 5.26 Å². The maximum Gasteiger partial charge on any atom is 0.123 e. The molecular formula is C17H20N2O. The SMILES string of the molecule is COc1ccc2ccccc2c1CNCCCCC#N. The van der Waals surface area contributed by atoms with Gasteiger partial charge in [-0.1, -0.05) is 30.3 Å². The molecule has 0 saturated carbocycles. The molecule has 0 aliphatic heterocycles. The summed E-state index contributed by atoms with van der Waals surface area (Å²) in [6.45, 7) is 1.71. The quantitative estimate of drug-likeness (QED) is 0.780. The minimum absolute atomic E-state index is 0.638. The molecule has 0 aliphatic rings. The molecule has 0 saturated heterocycles. The van der Waals surface area contributed by atoms with E-state index in [4.69, 9.17) is 10.00 Å². The average Bonchev–Trinajstić information content (AvgIpc) is 2.50. The zero-order valence-electron chi connectivity index (χ0n) is 11.9. The maximum atomic E-state index is 8.50. The van der Waals surface area contributed by atoms with E-state index in [0.29, 0.717) is 6.42 Å². The summed E-state index contributed by atoms with van der Waals surface area (Å²) in [7, 11) is 1.71. The first-order valence-corrected chi connectivity index (χ1v) is 6.99. The van der Waals surface area contributed by atoms with E-state index in [9.17, 15) is 0 Å². The van der Waals surface area contributed by atoms with Gasteiger partial charge in [-0.05, 0) is 36.2 Å². The zero-order valence-corrected chi connectivity index (χ0v) is 11.9. The number of fused-ring (bicyclic) bond motifs is 1. The van der Waals surface area contributed by atoms with Crippen molar-refractivity contribution in [2.75, 3.05) is 13.7 Å². The fourth-order valence-corrected chi connectivity index (χ4v) is 2.36. The Labute approximate surface area is 120 Å². The van der Waals surface area contributed by atoms with Crippen molar-refractivity contribution in [3.63, 3.8) is 0 Å². The predicted molar refractivity (Wildman–Crippen MR) is 81.7 cm³/mol. The number of rotatable bonds is 7. The van der Waals surface area contributed by atoms with Gasteiger partial charge in [0.15, 0.2) is 0 Å². The first-order chi connectivity index (χ1) is 9.86. The Bertz CT molecular complexity index is 601. The lowest BCUT2D eigenvalue weighted by molar-refractivity contribution is 0.408. The number of methoxy groups -OCH3 is 1. The molecule has 0 aliphatic carbocycles. The molecule has 2 aromatic carbocycles. The van der Waals surface area contributed by atoms with Gasteiger partial charge in [0.2, 0.25) is 0 Å². The summed E-state index contributed by atoms with van der Waals surface area (Å²) in [5.41, 5.74) is 1.20. The number of hydrogen-bond donors (Lipinski definition) is 1. The highest BCUT2D eigenvalue weighted by molar-refractivity contribution is 5.87. The van der Waals surface area contributed by atoms with Gasteiger partial charge < -0.3 is 10.1 Å². The van der Waals surface area contributed by atoms with Crippen molar-refractivity contribution < 1.29 is 4.74 Å². The van der Waals surface area contributed by atoms with Gasteiger partial charge >= 0.3 is 0 Å². The third-order valence-corrected chi connectivity index (χ3v) is 3.41. The van der Waals surface area contributed by atoms with E-state index in [-0.39, 0.29) is 0 Å². The highest BCUT2D eigenvalue weighted by Crippen LogP contribution is 2.27. The molecule has 3 nitrogen and oxygen atoms in total. The van der Waals surface area contributed by atoms with Gasteiger partial charge in [0.05, 0.1) is 13.2 Å². The van der Waals surface area contributed by atoms with E-state index in [1.165, 1.54) is 16.3 Å². The Morgan fingerprint density at radius 1 is 1.15 bits per heavy atom. The van der Waals surface area contributed by atoms with Crippen LogP contribution < -0.4 is 10.1 Å². The molecule has 0 unspecified atom stereocenters. The Kier molecular flexibility index (Phi) is 5.40. The van der Waals surface area contributed by atoms with Crippen LogP contribution in [-0.4, -0.2) is 13.7 Å². The normalized spacial score (nSPS) is 10.4. The van der Waals surface area contributed by atoms with Crippen molar-refractivity contribution in [3.8, 4) is 11.8 Å². The second kappa shape index (κ2) is 7.52. The van der Waals surface area contributed by atoms with Crippen LogP contribution in [0.5, 0.6) is 5.75 Å². The lowest BCUT2D eigenvalue weighted by atomic mass is 10.0. The third kappa shape index (κ3) is 3.49. The summed E-state index contributed by atoms with van der Waals surface area (Å²) >= 11 is 0. The molecule has 2 aromatic rings. The largest absolute Gasteiger partial charge is 0.496 e. The van der Waals surface area contributed by atoms with Gasteiger partial charge in [-0.15, -0.1) is 0 Å². The van der Waals surface area contributed by atoms with Crippen molar-refractivity contribution in [2.45, 2.75) is 25.8 Å². The van der Waals surface area contributed by atoms with E-state index in [0.717, 1.165) is 31.7 Å². The van der Waals surface area contributed by atoms with Gasteiger partial charge in [-0.25, -0.2) is 0 Å². The summed E-state index contributed by atoms with van der Waals surface area (Å²) in [6.07, 6.45) is 2.62. The molecule has 0 atom stereocenters. The van der Waals surface area contributed by atoms with Gasteiger partial charge in [-0.3, -0.25) is 0 Å². The number of unbranched alkanes of at least 4 members (excludes halogenated alkanes) is 2. The number of nitriles is 1. The van der Waals surface area contributed by atoms with Crippen molar-refractivity contribution >= 4 is 10.8 Å². The smallest absolute Gasteiger partial charge is 0.123 e. The Balaban J connectivity index is 2.06. The van der Waals surface area contributed by atoms with Crippen molar-refractivity contribution in [3.05, 3.63) is 42.0 Å². The molecule has 0 bridgehead atoms. The summed E-state index contributed by atoms with van der Waals surface area (Å²) in [4.78, 5) is 0. The van der Waals surface area contributed by atoms with Crippen LogP contribution in [0.25, 0.3) is 10.8 Å². The molecule has 0 spiro atoms. The third-order valence-electron chi connectivity index (χ3n) is 3.41. The molecule has 3 heteroatoms. The van der Waals surface area contributed by atoms with Gasteiger partial charge in [0.1, 0.15) is 5.75 Å². The minimum atomic E-state index is 0.638. The highest BCUT2D eigenvalue weighted by Gasteiger charge is 2.07. The molecule has 0 aromatic heterocycles. The van der Waals surface area contributed by atoms with E-state index in [1.54, 1.807) is 7.11 Å². The summed E-state index contributed by atoms with van der Waals surface area (Å²) < 4.78 is 5.47. The van der Waals surface area contributed by atoms with Crippen LogP contribution >= 0.6 is 0 Å². The molecule has 1 N–H and O–H groups in total. The van der Waals surface area contributed by atoms with Crippen LogP contribution in [0.1, 0.15) is 24.8 Å². The summed E-state index contributed by atoms with van der Waals surface area (Å²) in [5, 5.41) is 14.4. The fourth-order valence-electron chi connectivity index (χ4n) is 2.36. The van der Waals surface area contributed by atoms with Crippen molar-refractivity contribution in [1.82, 2.24) is 5.32 Å². The number of hydrogen-bond acceptors (Lipinski definition) is 3. The van der Waals surface area contributed by atoms with E-state index >= 15 is 0 Å². The highest BCUT2D eigenvalue weighted by atomic mass is 16.5. The number of ether oxygens (including phenoxy) is 1. The van der Waals surface area contributed by atoms with E-state index < -0.39 is 0 Å². The van der Waals surface area contributed by atoms with Crippen LogP contribution in [0.15, 0.2) is 36.4 Å². The molecule has 0 amide bonds. The second-order valence-electron chi connectivity index (χ2n) is 4.76. The molecular weight excluding hydrogens is 248 g/mol. The second-order valence-corrected chi connectivity index (χ2v) is 4.76. The van der Waals surface area contributed by atoms with Crippen LogP contribution in [0.2, 0.25) is 0 Å².